The normalized spacial score (nSPS) is 14.1. The molecular formula is C60H77N17O14. The van der Waals surface area contributed by atoms with E-state index in [0.29, 0.717) is 45.4 Å². The third-order valence-electron chi connectivity index (χ3n) is 14.8. The number of carbonyl (C=O) groups is 10. The molecule has 3 aromatic heterocycles. The number of hydrogen-bond donors (Lipinski definition) is 18. The van der Waals surface area contributed by atoms with Gasteiger partial charge in [0.2, 0.25) is 47.3 Å². The van der Waals surface area contributed by atoms with Crippen LogP contribution in [0.4, 0.5) is 0 Å². The van der Waals surface area contributed by atoms with Gasteiger partial charge in [0.25, 0.3) is 0 Å². The zero-order chi connectivity index (χ0) is 66.1. The van der Waals surface area contributed by atoms with Crippen LogP contribution in [0.1, 0.15) is 74.0 Å². The third-order valence-corrected chi connectivity index (χ3v) is 14.8. The molecule has 0 saturated heterocycles. The highest BCUT2D eigenvalue weighted by molar-refractivity contribution is 5.99. The van der Waals surface area contributed by atoms with E-state index in [1.54, 1.807) is 44.3 Å². The summed E-state index contributed by atoms with van der Waals surface area (Å²) in [7, 11) is 0. The number of imidazole rings is 2. The number of hydrogen-bond acceptors (Lipinski definition) is 16. The van der Waals surface area contributed by atoms with E-state index in [-0.39, 0.29) is 68.9 Å². The first kappa shape index (κ1) is 69.3. The van der Waals surface area contributed by atoms with Crippen LogP contribution in [-0.4, -0.2) is 172 Å². The predicted molar refractivity (Wildman–Crippen MR) is 329 cm³/mol. The van der Waals surface area contributed by atoms with Gasteiger partial charge < -0.3 is 95.1 Å². The van der Waals surface area contributed by atoms with E-state index in [2.05, 4.69) is 72.4 Å². The number of benzene rings is 3. The van der Waals surface area contributed by atoms with Crippen molar-refractivity contribution in [1.29, 1.82) is 0 Å². The largest absolute Gasteiger partial charge is 0.508 e. The van der Waals surface area contributed by atoms with E-state index in [1.807, 2.05) is 0 Å². The molecule has 8 amide bonds. The number of para-hydroxylation sites is 1. The van der Waals surface area contributed by atoms with Crippen molar-refractivity contribution in [3.05, 3.63) is 132 Å². The van der Waals surface area contributed by atoms with Crippen molar-refractivity contribution in [2.75, 3.05) is 13.1 Å². The summed E-state index contributed by atoms with van der Waals surface area (Å²) in [6.45, 7) is 2.86. The molecule has 6 rings (SSSR count). The van der Waals surface area contributed by atoms with Crippen molar-refractivity contribution in [2.24, 2.45) is 28.1 Å². The van der Waals surface area contributed by atoms with Crippen LogP contribution in [0.2, 0.25) is 0 Å². The topological polar surface area (TPSA) is 511 Å². The molecule has 486 valence electrons. The first-order valence-corrected chi connectivity index (χ1v) is 29.2. The highest BCUT2D eigenvalue weighted by Gasteiger charge is 2.37. The molecule has 9 atom stereocenters. The van der Waals surface area contributed by atoms with Gasteiger partial charge in [0, 0.05) is 86.0 Å². The Kier molecular flexibility index (Phi) is 25.9. The lowest BCUT2D eigenvalue weighted by Crippen LogP contribution is -2.61. The van der Waals surface area contributed by atoms with Gasteiger partial charge in [0.15, 0.2) is 5.96 Å². The highest BCUT2D eigenvalue weighted by atomic mass is 16.4. The fourth-order valence-corrected chi connectivity index (χ4v) is 9.67. The van der Waals surface area contributed by atoms with Gasteiger partial charge in [0.1, 0.15) is 59.8 Å². The molecule has 0 spiro atoms. The van der Waals surface area contributed by atoms with Crippen molar-refractivity contribution < 1.29 is 68.4 Å². The molecule has 0 fully saturated rings. The molecule has 3 aromatic carbocycles. The fraction of sp³-hybridized carbons (Fsp3) is 0.383. The molecule has 91 heavy (non-hydrogen) atoms. The maximum atomic E-state index is 14.9. The lowest BCUT2D eigenvalue weighted by Gasteiger charge is -2.29. The SMILES string of the molecule is CC[C@H](C)[C@H](NC(=O)[C@H](Cc1c[nH]c2ccccc12)NC(=O)[C@H](CCCN=C(N)N)NC(=O)[C@H](CCC(=O)O)NC(=O)[C@H](Cc1ccc(O)cc1)NC(=O)[C@H](Cc1cnc[nH]1)NC(=O)[C@H](Cc1ccc(O)cc1)NC(=O)CN)C(=O)N[C@@H](Cc1cnc[nH]1)C(=O)O. The highest BCUT2D eigenvalue weighted by Crippen LogP contribution is 2.21. The predicted octanol–water partition coefficient (Wildman–Crippen LogP) is -1.58. The first-order chi connectivity index (χ1) is 43.5. The molecular weight excluding hydrogens is 1180 g/mol. The van der Waals surface area contributed by atoms with E-state index in [0.717, 1.165) is 0 Å². The van der Waals surface area contributed by atoms with Gasteiger partial charge in [-0.3, -0.25) is 48.1 Å². The molecule has 6 aromatic rings. The van der Waals surface area contributed by atoms with Crippen molar-refractivity contribution in [1.82, 2.24) is 67.5 Å². The monoisotopic (exact) mass is 1260 g/mol. The van der Waals surface area contributed by atoms with Gasteiger partial charge in [-0.2, -0.15) is 0 Å². The summed E-state index contributed by atoms with van der Waals surface area (Å²) in [5.41, 5.74) is 19.6. The number of aliphatic carboxylic acids is 2. The fourth-order valence-electron chi connectivity index (χ4n) is 9.67. The maximum absolute atomic E-state index is 14.9. The second-order valence-electron chi connectivity index (χ2n) is 21.6. The number of aromatic nitrogens is 5. The molecule has 0 bridgehead atoms. The van der Waals surface area contributed by atoms with Crippen LogP contribution in [0.15, 0.2) is 109 Å². The van der Waals surface area contributed by atoms with Crippen molar-refractivity contribution in [3.63, 3.8) is 0 Å². The number of aliphatic imine (C=N–C) groups is 1. The minimum Gasteiger partial charge on any atom is -0.508 e. The number of H-pyrrole nitrogens is 3. The Balaban J connectivity index is 1.30. The molecule has 0 radical (unpaired) electrons. The molecule has 0 saturated carbocycles. The lowest BCUT2D eigenvalue weighted by molar-refractivity contribution is -0.142. The van der Waals surface area contributed by atoms with Crippen LogP contribution in [0.25, 0.3) is 10.9 Å². The van der Waals surface area contributed by atoms with Crippen LogP contribution < -0.4 is 59.7 Å². The van der Waals surface area contributed by atoms with Gasteiger partial charge in [0.05, 0.1) is 19.2 Å². The van der Waals surface area contributed by atoms with E-state index in [4.69, 9.17) is 17.2 Å². The number of amides is 8. The summed E-state index contributed by atoms with van der Waals surface area (Å²) in [6, 6.07) is 6.35. The van der Waals surface area contributed by atoms with Crippen LogP contribution in [0, 0.1) is 5.92 Å². The molecule has 0 aliphatic rings. The Labute approximate surface area is 521 Å². The van der Waals surface area contributed by atoms with E-state index >= 15 is 0 Å². The van der Waals surface area contributed by atoms with Crippen LogP contribution in [0.5, 0.6) is 11.5 Å². The number of carbonyl (C=O) groups excluding carboxylic acids is 8. The number of carboxylic acid groups (broad SMARTS) is 2. The van der Waals surface area contributed by atoms with Gasteiger partial charge in [-0.05, 0) is 72.2 Å². The lowest BCUT2D eigenvalue weighted by atomic mass is 9.96. The standard InChI is InChI=1S/C60H77N17O14/c1-3-32(2)51(58(89)76-48(59(90)91)25-37-29-65-31-69-37)77-57(88)46(23-35-27-67-41-8-5-4-7-40(35)41)74-52(83)42(9-6-20-66-60(62)63)71-53(84)43(18-19-50(81)82)72-55(86)45(22-34-12-16-39(79)17-13-34)73-56(87)47(24-36-28-64-30-68-36)75-54(85)44(70-49(80)26-61)21-33-10-14-38(78)15-11-33/h4-5,7-8,10-17,27-32,42-48,51,67,78-79H,3,6,9,18-26,61H2,1-2H3,(H,64,68)(H,65,69)(H,70,80)(H,71,84)(H,72,86)(H,73,87)(H,74,83)(H,75,85)(H,76,89)(H,77,88)(H,81,82)(H,90,91)(H4,62,63,66)/t32-,42-,43-,44-,45-,46-,47-,48-,51-/m0/s1. The summed E-state index contributed by atoms with van der Waals surface area (Å²) in [5, 5.41) is 61.5. The maximum Gasteiger partial charge on any atom is 0.326 e. The molecule has 31 heteroatoms. The summed E-state index contributed by atoms with van der Waals surface area (Å²) in [4.78, 5) is 160. The summed E-state index contributed by atoms with van der Waals surface area (Å²) in [5.74, 6) is -11.2. The number of carboxylic acids is 2. The number of nitrogens with zero attached hydrogens (tertiary/aromatic N) is 3. The Bertz CT molecular complexity index is 3460. The number of nitrogens with one attached hydrogen (secondary N) is 11. The number of phenolic OH excluding ortho intramolecular Hbond substituents is 2. The zero-order valence-corrected chi connectivity index (χ0v) is 49.9. The van der Waals surface area contributed by atoms with Crippen LogP contribution in [0.3, 0.4) is 0 Å². The average molecular weight is 1260 g/mol. The number of guanidine groups is 1. The first-order valence-electron chi connectivity index (χ1n) is 29.2. The van der Waals surface area contributed by atoms with Gasteiger partial charge in [-0.25, -0.2) is 14.8 Å². The Morgan fingerprint density at radius 3 is 1.51 bits per heavy atom. The number of fused-ring (bicyclic) bond motifs is 1. The summed E-state index contributed by atoms with van der Waals surface area (Å²) in [6.07, 6.45) is 4.83. The smallest absolute Gasteiger partial charge is 0.326 e. The van der Waals surface area contributed by atoms with Crippen molar-refractivity contribution in [3.8, 4) is 11.5 Å². The van der Waals surface area contributed by atoms with Crippen molar-refractivity contribution >= 4 is 76.1 Å². The number of phenols is 2. The van der Waals surface area contributed by atoms with Gasteiger partial charge in [-0.15, -0.1) is 0 Å². The Hall–Kier alpha value is -10.8. The number of aromatic amines is 3. The molecule has 0 aliphatic heterocycles. The van der Waals surface area contributed by atoms with E-state index in [9.17, 15) is 68.4 Å². The van der Waals surface area contributed by atoms with E-state index in [1.165, 1.54) is 73.6 Å². The number of rotatable bonds is 36. The minimum atomic E-state index is -1.76. The molecule has 3 heterocycles. The summed E-state index contributed by atoms with van der Waals surface area (Å²) >= 11 is 0. The molecule has 21 N–H and O–H groups in total. The minimum absolute atomic E-state index is 0.0230. The van der Waals surface area contributed by atoms with Crippen LogP contribution in [-0.2, 0) is 80.0 Å². The average Bonchev–Trinajstić information content (AvgIpc) is 2.04. The quantitative estimate of drug-likeness (QED) is 0.0120. The van der Waals surface area contributed by atoms with Crippen LogP contribution >= 0.6 is 0 Å². The van der Waals surface area contributed by atoms with Crippen molar-refractivity contribution in [2.45, 2.75) is 126 Å². The Morgan fingerprint density at radius 2 is 1.01 bits per heavy atom. The third kappa shape index (κ3) is 21.8. The number of aromatic hydroxyl groups is 2. The van der Waals surface area contributed by atoms with Gasteiger partial charge >= 0.3 is 11.9 Å². The van der Waals surface area contributed by atoms with E-state index < -0.39 is 133 Å². The second-order valence-corrected chi connectivity index (χ2v) is 21.6. The molecule has 0 unspecified atom stereocenters. The number of nitrogens with two attached hydrogens (primary N) is 3. The zero-order valence-electron chi connectivity index (χ0n) is 49.9. The Morgan fingerprint density at radius 1 is 0.549 bits per heavy atom. The second kappa shape index (κ2) is 34.1. The van der Waals surface area contributed by atoms with Gasteiger partial charge in [-0.1, -0.05) is 62.7 Å². The molecule has 31 nitrogen and oxygen atoms in total. The summed E-state index contributed by atoms with van der Waals surface area (Å²) < 4.78 is 0. The molecule has 0 aliphatic carbocycles.